The number of hydrogen-bond donors (Lipinski definition) is 2. The Kier molecular flexibility index (Phi) is 3.42. The molecule has 1 aromatic carbocycles. The molecule has 0 fully saturated rings. The Morgan fingerprint density at radius 1 is 1.29 bits per heavy atom. The van der Waals surface area contributed by atoms with E-state index < -0.39 is 0 Å². The second-order valence-corrected chi connectivity index (χ2v) is 4.40. The Morgan fingerprint density at radius 3 is 2.95 bits per heavy atom. The number of hydrogen-bond acceptors (Lipinski definition) is 6. The molecule has 2 aromatic heterocycles. The first kappa shape index (κ1) is 13.0. The van der Waals surface area contributed by atoms with Crippen LogP contribution in [0.2, 0.25) is 0 Å². The van der Waals surface area contributed by atoms with E-state index >= 15 is 0 Å². The molecule has 0 aliphatic heterocycles. The van der Waals surface area contributed by atoms with Crippen LogP contribution in [0.25, 0.3) is 10.9 Å². The fourth-order valence-corrected chi connectivity index (χ4v) is 2.14. The highest BCUT2D eigenvalue weighted by atomic mass is 16.6. The summed E-state index contributed by atoms with van der Waals surface area (Å²) in [5.74, 6) is 0.729. The van der Waals surface area contributed by atoms with E-state index in [9.17, 15) is 10.1 Å². The maximum atomic E-state index is 11.3. The lowest BCUT2D eigenvalue weighted by Gasteiger charge is -2.08. The zero-order chi connectivity index (χ0) is 14.7. The third kappa shape index (κ3) is 2.64. The van der Waals surface area contributed by atoms with E-state index in [0.717, 1.165) is 5.82 Å². The normalized spacial score (nSPS) is 10.7. The van der Waals surface area contributed by atoms with Crippen molar-refractivity contribution in [3.63, 3.8) is 0 Å². The first-order chi connectivity index (χ1) is 10.3. The van der Waals surface area contributed by atoms with Gasteiger partial charge in [0.15, 0.2) is 0 Å². The lowest BCUT2D eigenvalue weighted by atomic mass is 10.1. The van der Waals surface area contributed by atoms with Gasteiger partial charge in [-0.15, -0.1) is 0 Å². The minimum absolute atomic E-state index is 0.0400. The van der Waals surface area contributed by atoms with Gasteiger partial charge in [-0.25, -0.2) is 4.98 Å². The van der Waals surface area contributed by atoms with Gasteiger partial charge in [0, 0.05) is 19.2 Å². The number of nitrogens with zero attached hydrogens (tertiary/aromatic N) is 4. The predicted molar refractivity (Wildman–Crippen MR) is 77.0 cm³/mol. The molecule has 0 unspecified atom stereocenters. The summed E-state index contributed by atoms with van der Waals surface area (Å²) in [6.07, 6.45) is 3.64. The molecule has 8 nitrogen and oxygen atoms in total. The molecule has 0 saturated carbocycles. The molecule has 0 bridgehead atoms. The molecule has 0 amide bonds. The Labute approximate surface area is 119 Å². The van der Waals surface area contributed by atoms with Gasteiger partial charge in [-0.1, -0.05) is 0 Å². The highest BCUT2D eigenvalue weighted by Gasteiger charge is 2.18. The van der Waals surface area contributed by atoms with Crippen molar-refractivity contribution in [2.75, 3.05) is 11.9 Å². The highest BCUT2D eigenvalue weighted by Crippen LogP contribution is 2.32. The number of pyridine rings is 1. The molecule has 21 heavy (non-hydrogen) atoms. The van der Waals surface area contributed by atoms with Gasteiger partial charge in [-0.2, -0.15) is 5.10 Å². The van der Waals surface area contributed by atoms with Gasteiger partial charge >= 0.3 is 5.69 Å². The molecule has 3 rings (SSSR count). The zero-order valence-electron chi connectivity index (χ0n) is 11.0. The number of H-pyrrole nitrogens is 1. The first-order valence-electron chi connectivity index (χ1n) is 6.36. The third-order valence-corrected chi connectivity index (χ3v) is 3.08. The zero-order valence-corrected chi connectivity index (χ0v) is 11.0. The van der Waals surface area contributed by atoms with Crippen molar-refractivity contribution in [1.82, 2.24) is 20.2 Å². The molecule has 3 aromatic rings. The SMILES string of the molecule is O=[N+]([O-])c1c(NCCc2ncn[nH]2)ccc2ncccc12. The Balaban J connectivity index is 1.87. The highest BCUT2D eigenvalue weighted by molar-refractivity contribution is 5.94. The largest absolute Gasteiger partial charge is 0.379 e. The first-order valence-corrected chi connectivity index (χ1v) is 6.36. The summed E-state index contributed by atoms with van der Waals surface area (Å²) in [6, 6.07) is 6.82. The van der Waals surface area contributed by atoms with Crippen molar-refractivity contribution < 1.29 is 4.92 Å². The van der Waals surface area contributed by atoms with Crippen molar-refractivity contribution in [3.05, 3.63) is 52.7 Å². The molecule has 0 atom stereocenters. The number of nitro benzene ring substituents is 1. The van der Waals surface area contributed by atoms with E-state index in [0.29, 0.717) is 29.6 Å². The third-order valence-electron chi connectivity index (χ3n) is 3.08. The predicted octanol–water partition coefficient (Wildman–Crippen LogP) is 1.92. The van der Waals surface area contributed by atoms with E-state index in [-0.39, 0.29) is 10.6 Å². The molecule has 106 valence electrons. The van der Waals surface area contributed by atoms with Crippen LogP contribution < -0.4 is 5.32 Å². The quantitative estimate of drug-likeness (QED) is 0.547. The Bertz CT molecular complexity index is 771. The maximum Gasteiger partial charge on any atom is 0.301 e. The van der Waals surface area contributed by atoms with Gasteiger partial charge in [0.2, 0.25) is 0 Å². The fourth-order valence-electron chi connectivity index (χ4n) is 2.14. The van der Waals surface area contributed by atoms with Crippen molar-refractivity contribution in [1.29, 1.82) is 0 Å². The van der Waals surface area contributed by atoms with Gasteiger partial charge in [0.05, 0.1) is 15.8 Å². The van der Waals surface area contributed by atoms with Crippen LogP contribution in [-0.2, 0) is 6.42 Å². The van der Waals surface area contributed by atoms with E-state index in [1.54, 1.807) is 30.5 Å². The van der Waals surface area contributed by atoms with Crippen LogP contribution in [0.5, 0.6) is 0 Å². The number of fused-ring (bicyclic) bond motifs is 1. The van der Waals surface area contributed by atoms with Gasteiger partial charge in [0.25, 0.3) is 0 Å². The summed E-state index contributed by atoms with van der Waals surface area (Å²) >= 11 is 0. The average molecular weight is 284 g/mol. The van der Waals surface area contributed by atoms with Crippen LogP contribution >= 0.6 is 0 Å². The molecule has 0 aliphatic carbocycles. The molecule has 0 radical (unpaired) electrons. The molecule has 0 aliphatic rings. The number of nitrogens with one attached hydrogen (secondary N) is 2. The lowest BCUT2D eigenvalue weighted by molar-refractivity contribution is -0.382. The van der Waals surface area contributed by atoms with Crippen LogP contribution in [-0.4, -0.2) is 31.6 Å². The fraction of sp³-hybridized carbons (Fsp3) is 0.154. The average Bonchev–Trinajstić information content (AvgIpc) is 3.00. The van der Waals surface area contributed by atoms with E-state index in [4.69, 9.17) is 0 Å². The minimum Gasteiger partial charge on any atom is -0.379 e. The molecule has 2 N–H and O–H groups in total. The Morgan fingerprint density at radius 2 is 2.19 bits per heavy atom. The van der Waals surface area contributed by atoms with Crippen molar-refractivity contribution in [2.45, 2.75) is 6.42 Å². The number of aromatic nitrogens is 4. The second kappa shape index (κ2) is 5.53. The van der Waals surface area contributed by atoms with Crippen molar-refractivity contribution in [3.8, 4) is 0 Å². The van der Waals surface area contributed by atoms with Crippen molar-refractivity contribution >= 4 is 22.3 Å². The molecular weight excluding hydrogens is 272 g/mol. The van der Waals surface area contributed by atoms with Crippen molar-refractivity contribution in [2.24, 2.45) is 0 Å². The topological polar surface area (TPSA) is 110 Å². The van der Waals surface area contributed by atoms with Crippen LogP contribution in [0.3, 0.4) is 0 Å². The standard InChI is InChI=1S/C13H12N6O2/c20-19(21)13-9-2-1-6-14-10(9)3-4-11(13)15-7-5-12-16-8-17-18-12/h1-4,6,8,15H,5,7H2,(H,16,17,18). The molecule has 2 heterocycles. The summed E-state index contributed by atoms with van der Waals surface area (Å²) in [5, 5.41) is 21.4. The van der Waals surface area contributed by atoms with Gasteiger partial charge in [-0.05, 0) is 24.3 Å². The summed E-state index contributed by atoms with van der Waals surface area (Å²) in [7, 11) is 0. The smallest absolute Gasteiger partial charge is 0.301 e. The van der Waals surface area contributed by atoms with Crippen LogP contribution in [0.15, 0.2) is 36.8 Å². The molecule has 8 heteroatoms. The lowest BCUT2D eigenvalue weighted by Crippen LogP contribution is -2.08. The van der Waals surface area contributed by atoms with Gasteiger partial charge in [-0.3, -0.25) is 20.2 Å². The van der Waals surface area contributed by atoms with E-state index in [1.807, 2.05) is 0 Å². The summed E-state index contributed by atoms with van der Waals surface area (Å²) < 4.78 is 0. The van der Waals surface area contributed by atoms with E-state index in [1.165, 1.54) is 6.33 Å². The number of aromatic amines is 1. The van der Waals surface area contributed by atoms with Crippen LogP contribution in [0.4, 0.5) is 11.4 Å². The van der Waals surface area contributed by atoms with Gasteiger partial charge in [0.1, 0.15) is 17.8 Å². The van der Waals surface area contributed by atoms with E-state index in [2.05, 4.69) is 25.5 Å². The monoisotopic (exact) mass is 284 g/mol. The number of nitro groups is 1. The van der Waals surface area contributed by atoms with Crippen LogP contribution in [0, 0.1) is 10.1 Å². The number of rotatable bonds is 5. The summed E-state index contributed by atoms with van der Waals surface area (Å²) in [4.78, 5) is 19.1. The number of anilines is 1. The molecule has 0 spiro atoms. The summed E-state index contributed by atoms with van der Waals surface area (Å²) in [6.45, 7) is 0.516. The summed E-state index contributed by atoms with van der Waals surface area (Å²) in [5.41, 5.74) is 1.11. The second-order valence-electron chi connectivity index (χ2n) is 4.40. The Hall–Kier alpha value is -3.03. The van der Waals surface area contributed by atoms with Crippen LogP contribution in [0.1, 0.15) is 5.82 Å². The number of benzene rings is 1. The minimum atomic E-state index is -0.388. The van der Waals surface area contributed by atoms with Gasteiger partial charge < -0.3 is 5.32 Å². The molecule has 0 saturated heterocycles. The maximum absolute atomic E-state index is 11.3. The molecular formula is C13H12N6O2.